The van der Waals surface area contributed by atoms with Gasteiger partial charge in [-0.3, -0.25) is 14.4 Å². The smallest absolute Gasteiger partial charge is 0.323 e. The van der Waals surface area contributed by atoms with Gasteiger partial charge < -0.3 is 14.7 Å². The van der Waals surface area contributed by atoms with E-state index < -0.39 is 11.9 Å². The first-order valence-electron chi connectivity index (χ1n) is 10.9. The molecule has 0 saturated heterocycles. The van der Waals surface area contributed by atoms with Gasteiger partial charge in [0, 0.05) is 51.9 Å². The lowest BCUT2D eigenvalue weighted by atomic mass is 9.70. The Morgan fingerprint density at radius 2 is 1.71 bits per heavy atom. The van der Waals surface area contributed by atoms with Crippen LogP contribution >= 0.6 is 11.6 Å². The van der Waals surface area contributed by atoms with E-state index in [4.69, 9.17) is 16.3 Å². The molecule has 164 valence electrons. The SMILES string of the molecule is CCCOc1ccc(Cl)cc1C1C2=C(CCCC2=O)N(CC(=O)O)C2=C1C(=O)CCC2. The van der Waals surface area contributed by atoms with Crippen LogP contribution in [0.15, 0.2) is 40.7 Å². The summed E-state index contributed by atoms with van der Waals surface area (Å²) in [6, 6.07) is 5.31. The maximum absolute atomic E-state index is 13.2. The number of Topliss-reactive ketones (excluding diaryl/α,β-unsaturated/α-hetero) is 2. The predicted octanol–water partition coefficient (Wildman–Crippen LogP) is 4.63. The second-order valence-electron chi connectivity index (χ2n) is 8.22. The summed E-state index contributed by atoms with van der Waals surface area (Å²) in [5.41, 5.74) is 3.24. The molecule has 0 bridgehead atoms. The second kappa shape index (κ2) is 8.87. The molecule has 0 amide bonds. The van der Waals surface area contributed by atoms with Crippen molar-refractivity contribution in [3.05, 3.63) is 51.3 Å². The molecule has 1 aromatic rings. The van der Waals surface area contributed by atoms with Crippen molar-refractivity contribution in [2.45, 2.75) is 57.8 Å². The first-order chi connectivity index (χ1) is 14.9. The van der Waals surface area contributed by atoms with E-state index >= 15 is 0 Å². The Labute approximate surface area is 186 Å². The predicted molar refractivity (Wildman–Crippen MR) is 116 cm³/mol. The van der Waals surface area contributed by atoms with Crippen LogP contribution in [0.3, 0.4) is 0 Å². The van der Waals surface area contributed by atoms with Crippen molar-refractivity contribution in [3.63, 3.8) is 0 Å². The van der Waals surface area contributed by atoms with Gasteiger partial charge in [0.1, 0.15) is 12.3 Å². The van der Waals surface area contributed by atoms with Gasteiger partial charge in [-0.2, -0.15) is 0 Å². The van der Waals surface area contributed by atoms with Gasteiger partial charge in [-0.05, 0) is 50.3 Å². The summed E-state index contributed by atoms with van der Waals surface area (Å²) in [5, 5.41) is 10.0. The molecule has 3 aliphatic rings. The lowest BCUT2D eigenvalue weighted by Crippen LogP contribution is -2.41. The van der Waals surface area contributed by atoms with Gasteiger partial charge >= 0.3 is 5.97 Å². The molecule has 0 radical (unpaired) electrons. The number of hydrogen-bond acceptors (Lipinski definition) is 5. The van der Waals surface area contributed by atoms with E-state index in [9.17, 15) is 19.5 Å². The van der Waals surface area contributed by atoms with Crippen molar-refractivity contribution >= 4 is 29.1 Å². The Morgan fingerprint density at radius 3 is 2.26 bits per heavy atom. The zero-order chi connectivity index (χ0) is 22.1. The van der Waals surface area contributed by atoms with E-state index in [0.29, 0.717) is 72.6 Å². The van der Waals surface area contributed by atoms with Crippen LogP contribution in [0.25, 0.3) is 0 Å². The first-order valence-corrected chi connectivity index (χ1v) is 11.2. The number of allylic oxidation sites excluding steroid dienone is 4. The van der Waals surface area contributed by atoms with E-state index in [-0.39, 0.29) is 18.1 Å². The number of halogens is 1. The Kier molecular flexibility index (Phi) is 6.19. The first kappa shape index (κ1) is 21.6. The summed E-state index contributed by atoms with van der Waals surface area (Å²) in [6.45, 7) is 2.27. The van der Waals surface area contributed by atoms with E-state index in [1.807, 2.05) is 6.92 Å². The molecule has 1 aliphatic heterocycles. The number of carbonyl (C=O) groups is 3. The minimum Gasteiger partial charge on any atom is -0.493 e. The van der Waals surface area contributed by atoms with Crippen molar-refractivity contribution in [3.8, 4) is 5.75 Å². The molecule has 31 heavy (non-hydrogen) atoms. The summed E-state index contributed by atoms with van der Waals surface area (Å²) in [4.78, 5) is 39.8. The average molecular weight is 444 g/mol. The Morgan fingerprint density at radius 1 is 1.10 bits per heavy atom. The number of rotatable bonds is 6. The van der Waals surface area contributed by atoms with Gasteiger partial charge in [0.15, 0.2) is 11.6 Å². The molecule has 0 saturated carbocycles. The monoisotopic (exact) mass is 443 g/mol. The van der Waals surface area contributed by atoms with E-state index in [2.05, 4.69) is 0 Å². The van der Waals surface area contributed by atoms with Crippen LogP contribution in [0.5, 0.6) is 5.75 Å². The summed E-state index contributed by atoms with van der Waals surface area (Å²) >= 11 is 6.35. The van der Waals surface area contributed by atoms with Gasteiger partial charge in [0.05, 0.1) is 6.61 Å². The molecule has 0 atom stereocenters. The highest BCUT2D eigenvalue weighted by molar-refractivity contribution is 6.30. The number of ketones is 2. The largest absolute Gasteiger partial charge is 0.493 e. The zero-order valence-electron chi connectivity index (χ0n) is 17.6. The Hall–Kier alpha value is -2.60. The third kappa shape index (κ3) is 4.01. The van der Waals surface area contributed by atoms with Crippen molar-refractivity contribution in [1.29, 1.82) is 0 Å². The van der Waals surface area contributed by atoms with Crippen LogP contribution in [0.1, 0.15) is 63.4 Å². The summed E-state index contributed by atoms with van der Waals surface area (Å²) < 4.78 is 5.98. The minimum absolute atomic E-state index is 0.0343. The summed E-state index contributed by atoms with van der Waals surface area (Å²) in [6.07, 6.45) is 4.16. The van der Waals surface area contributed by atoms with E-state index in [0.717, 1.165) is 17.8 Å². The van der Waals surface area contributed by atoms with Gasteiger partial charge in [-0.1, -0.05) is 18.5 Å². The molecule has 0 spiro atoms. The fraction of sp³-hybridized carbons (Fsp3) is 0.458. The van der Waals surface area contributed by atoms with Crippen LogP contribution in [-0.4, -0.2) is 40.7 Å². The number of carboxylic acid groups (broad SMARTS) is 1. The Bertz CT molecular complexity index is 965. The minimum atomic E-state index is -0.983. The molecular formula is C24H26ClNO5. The summed E-state index contributed by atoms with van der Waals surface area (Å²) in [7, 11) is 0. The van der Waals surface area contributed by atoms with E-state index in [1.54, 1.807) is 23.1 Å². The number of ether oxygens (including phenoxy) is 1. The molecule has 1 aromatic carbocycles. The second-order valence-corrected chi connectivity index (χ2v) is 8.65. The molecule has 0 fully saturated rings. The van der Waals surface area contributed by atoms with Gasteiger partial charge in [0.2, 0.25) is 0 Å². The molecule has 1 heterocycles. The number of carboxylic acids is 1. The van der Waals surface area contributed by atoms with Gasteiger partial charge in [-0.25, -0.2) is 0 Å². The normalized spacial score (nSPS) is 19.5. The Balaban J connectivity index is 1.97. The highest BCUT2D eigenvalue weighted by Gasteiger charge is 2.44. The fourth-order valence-electron chi connectivity index (χ4n) is 4.94. The molecule has 6 nitrogen and oxygen atoms in total. The maximum atomic E-state index is 13.2. The molecule has 2 aliphatic carbocycles. The van der Waals surface area contributed by atoms with E-state index in [1.165, 1.54) is 0 Å². The number of aliphatic carboxylic acids is 1. The number of nitrogens with zero attached hydrogens (tertiary/aromatic N) is 1. The van der Waals surface area contributed by atoms with Crippen LogP contribution < -0.4 is 4.74 Å². The summed E-state index contributed by atoms with van der Waals surface area (Å²) in [5.74, 6) is -1.01. The van der Waals surface area contributed by atoms with Crippen molar-refractivity contribution in [1.82, 2.24) is 4.90 Å². The molecular weight excluding hydrogens is 418 g/mol. The van der Waals surface area contributed by atoms with Crippen molar-refractivity contribution < 1.29 is 24.2 Å². The highest BCUT2D eigenvalue weighted by atomic mass is 35.5. The average Bonchev–Trinajstić information content (AvgIpc) is 2.73. The van der Waals surface area contributed by atoms with Crippen molar-refractivity contribution in [2.75, 3.05) is 13.2 Å². The maximum Gasteiger partial charge on any atom is 0.323 e. The van der Waals surface area contributed by atoms with Gasteiger partial charge in [0.25, 0.3) is 0 Å². The van der Waals surface area contributed by atoms with Crippen molar-refractivity contribution in [2.24, 2.45) is 0 Å². The lowest BCUT2D eigenvalue weighted by Gasteiger charge is -2.43. The lowest BCUT2D eigenvalue weighted by molar-refractivity contribution is -0.138. The number of carbonyl (C=O) groups excluding carboxylic acids is 2. The molecule has 4 rings (SSSR count). The molecule has 0 aromatic heterocycles. The third-order valence-electron chi connectivity index (χ3n) is 6.12. The number of benzene rings is 1. The van der Waals surface area contributed by atoms with Gasteiger partial charge in [-0.15, -0.1) is 0 Å². The third-order valence-corrected chi connectivity index (χ3v) is 6.36. The molecule has 1 N–H and O–H groups in total. The number of hydrogen-bond donors (Lipinski definition) is 1. The fourth-order valence-corrected chi connectivity index (χ4v) is 5.12. The molecule has 7 heteroatoms. The standard InChI is InChI=1S/C24H26ClNO5/c1-2-11-31-20-10-9-14(25)12-15(20)22-23-16(5-3-7-18(23)27)26(13-21(29)30)17-6-4-8-19(28)24(17)22/h9-10,12,22H,2-8,11,13H2,1H3,(H,29,30). The van der Waals surface area contributed by atoms with Crippen LogP contribution in [0, 0.1) is 0 Å². The quantitative estimate of drug-likeness (QED) is 0.690. The van der Waals surface area contributed by atoms with Crippen LogP contribution in [0.2, 0.25) is 5.02 Å². The zero-order valence-corrected chi connectivity index (χ0v) is 18.3. The topological polar surface area (TPSA) is 83.9 Å². The van der Waals surface area contributed by atoms with Crippen LogP contribution in [0.4, 0.5) is 0 Å². The highest BCUT2D eigenvalue weighted by Crippen LogP contribution is 2.51. The van der Waals surface area contributed by atoms with Crippen LogP contribution in [-0.2, 0) is 14.4 Å². The molecule has 0 unspecified atom stereocenters.